The Morgan fingerprint density at radius 3 is 2.73 bits per heavy atom. The lowest BCUT2D eigenvalue weighted by Crippen LogP contribution is -2.47. The van der Waals surface area contributed by atoms with E-state index >= 15 is 0 Å². The number of benzene rings is 1. The van der Waals surface area contributed by atoms with E-state index in [1.54, 1.807) is 17.7 Å². The maximum Gasteiger partial charge on any atom is 0.196 e. The lowest BCUT2D eigenvalue weighted by molar-refractivity contribution is 0.198. The summed E-state index contributed by atoms with van der Waals surface area (Å²) in [7, 11) is 0. The van der Waals surface area contributed by atoms with Crippen LogP contribution in [-0.2, 0) is 0 Å². The van der Waals surface area contributed by atoms with Gasteiger partial charge in [0.1, 0.15) is 22.4 Å². The van der Waals surface area contributed by atoms with E-state index in [1.807, 2.05) is 35.8 Å². The summed E-state index contributed by atoms with van der Waals surface area (Å²) in [6.45, 7) is 6.02. The summed E-state index contributed by atoms with van der Waals surface area (Å²) < 4.78 is 6.08. The summed E-state index contributed by atoms with van der Waals surface area (Å²) >= 11 is 1.72. The summed E-state index contributed by atoms with van der Waals surface area (Å²) in [4.78, 5) is 18.2. The Morgan fingerprint density at radius 1 is 1.08 bits per heavy atom. The van der Waals surface area contributed by atoms with Crippen molar-refractivity contribution in [3.05, 3.63) is 47.2 Å². The Morgan fingerprint density at radius 2 is 1.92 bits per heavy atom. The SMILES string of the molecule is CC(c1nccs1)N1CCN(c2ncnc3c2oc2ccccc23)CC1. The van der Waals surface area contributed by atoms with E-state index in [4.69, 9.17) is 4.42 Å². The highest BCUT2D eigenvalue weighted by atomic mass is 32.1. The number of furan rings is 1. The Bertz CT molecular complexity index is 1040. The molecule has 7 heteroatoms. The lowest BCUT2D eigenvalue weighted by atomic mass is 10.2. The second kappa shape index (κ2) is 6.34. The molecule has 0 aliphatic carbocycles. The molecule has 0 saturated carbocycles. The van der Waals surface area contributed by atoms with Crippen molar-refractivity contribution in [3.63, 3.8) is 0 Å². The van der Waals surface area contributed by atoms with Gasteiger partial charge in [-0.1, -0.05) is 12.1 Å². The van der Waals surface area contributed by atoms with Crippen LogP contribution in [0.5, 0.6) is 0 Å². The first kappa shape index (κ1) is 15.7. The number of hydrogen-bond acceptors (Lipinski definition) is 7. The van der Waals surface area contributed by atoms with Gasteiger partial charge in [0.05, 0.1) is 6.04 Å². The number of anilines is 1. The molecule has 26 heavy (non-hydrogen) atoms. The van der Waals surface area contributed by atoms with Gasteiger partial charge in [-0.3, -0.25) is 4.90 Å². The molecule has 0 N–H and O–H groups in total. The fourth-order valence-electron chi connectivity index (χ4n) is 3.65. The molecule has 1 atom stereocenters. The average molecular weight is 365 g/mol. The fraction of sp³-hybridized carbons (Fsp3) is 0.316. The summed E-state index contributed by atoms with van der Waals surface area (Å²) in [5, 5.41) is 4.27. The van der Waals surface area contributed by atoms with Crippen molar-refractivity contribution in [2.75, 3.05) is 31.1 Å². The zero-order valence-corrected chi connectivity index (χ0v) is 15.3. The van der Waals surface area contributed by atoms with Crippen molar-refractivity contribution in [2.24, 2.45) is 0 Å². The van der Waals surface area contributed by atoms with Crippen LogP contribution in [0.4, 0.5) is 5.82 Å². The van der Waals surface area contributed by atoms with Crippen molar-refractivity contribution in [1.29, 1.82) is 0 Å². The standard InChI is InChI=1S/C19H19N5OS/c1-13(19-20-6-11-26-19)23-7-9-24(10-8-23)18-17-16(21-12-22-18)14-4-2-3-5-15(14)25-17/h2-6,11-13H,7-10H2,1H3. The summed E-state index contributed by atoms with van der Waals surface area (Å²) in [6.07, 6.45) is 3.52. The molecular formula is C19H19N5OS. The number of para-hydroxylation sites is 1. The minimum absolute atomic E-state index is 0.355. The molecule has 3 aromatic heterocycles. The Kier molecular flexibility index (Phi) is 3.83. The average Bonchev–Trinajstić information content (AvgIpc) is 3.35. The molecule has 0 amide bonds. The zero-order valence-electron chi connectivity index (χ0n) is 14.5. The first-order valence-electron chi connectivity index (χ1n) is 8.82. The van der Waals surface area contributed by atoms with Gasteiger partial charge in [0.15, 0.2) is 11.4 Å². The molecular weight excluding hydrogens is 346 g/mol. The van der Waals surface area contributed by atoms with Gasteiger partial charge < -0.3 is 9.32 Å². The van der Waals surface area contributed by atoms with Crippen LogP contribution in [0.25, 0.3) is 22.1 Å². The van der Waals surface area contributed by atoms with E-state index in [9.17, 15) is 0 Å². The highest BCUT2D eigenvalue weighted by Crippen LogP contribution is 2.33. The van der Waals surface area contributed by atoms with Gasteiger partial charge in [-0.2, -0.15) is 0 Å². The number of rotatable bonds is 3. The minimum Gasteiger partial charge on any atom is -0.450 e. The maximum atomic E-state index is 6.08. The molecule has 132 valence electrons. The number of aromatic nitrogens is 3. The largest absolute Gasteiger partial charge is 0.450 e. The third-order valence-corrected chi connectivity index (χ3v) is 6.06. The molecule has 4 aromatic rings. The second-order valence-corrected chi connectivity index (χ2v) is 7.47. The maximum absolute atomic E-state index is 6.08. The molecule has 1 unspecified atom stereocenters. The first-order chi connectivity index (χ1) is 12.8. The number of piperazine rings is 1. The smallest absolute Gasteiger partial charge is 0.196 e. The van der Waals surface area contributed by atoms with Crippen LogP contribution in [0.3, 0.4) is 0 Å². The van der Waals surface area contributed by atoms with Gasteiger partial charge in [-0.25, -0.2) is 15.0 Å². The first-order valence-corrected chi connectivity index (χ1v) is 9.70. The van der Waals surface area contributed by atoms with Crippen molar-refractivity contribution in [3.8, 4) is 0 Å². The Labute approximate surface area is 155 Å². The van der Waals surface area contributed by atoms with Crippen LogP contribution >= 0.6 is 11.3 Å². The molecule has 1 aromatic carbocycles. The number of hydrogen-bond donors (Lipinski definition) is 0. The summed E-state index contributed by atoms with van der Waals surface area (Å²) in [5.74, 6) is 0.896. The normalized spacial score (nSPS) is 17.2. The molecule has 5 rings (SSSR count). The van der Waals surface area contributed by atoms with Gasteiger partial charge in [0.2, 0.25) is 0 Å². The van der Waals surface area contributed by atoms with E-state index in [0.29, 0.717) is 6.04 Å². The van der Waals surface area contributed by atoms with Crippen molar-refractivity contribution in [1.82, 2.24) is 19.9 Å². The van der Waals surface area contributed by atoms with E-state index in [1.165, 1.54) is 5.01 Å². The quantitative estimate of drug-likeness (QED) is 0.552. The molecule has 1 aliphatic rings. The number of nitrogens with zero attached hydrogens (tertiary/aromatic N) is 5. The molecule has 1 saturated heterocycles. The third kappa shape index (κ3) is 2.55. The van der Waals surface area contributed by atoms with E-state index in [-0.39, 0.29) is 0 Å². The molecule has 6 nitrogen and oxygen atoms in total. The predicted molar refractivity (Wildman–Crippen MR) is 104 cm³/mol. The summed E-state index contributed by atoms with van der Waals surface area (Å²) in [6, 6.07) is 8.38. The van der Waals surface area contributed by atoms with Gasteiger partial charge in [0, 0.05) is 43.1 Å². The zero-order chi connectivity index (χ0) is 17.5. The van der Waals surface area contributed by atoms with Gasteiger partial charge >= 0.3 is 0 Å². The Balaban J connectivity index is 1.41. The fourth-order valence-corrected chi connectivity index (χ4v) is 4.38. The third-order valence-electron chi connectivity index (χ3n) is 5.11. The van der Waals surface area contributed by atoms with Crippen LogP contribution in [0.2, 0.25) is 0 Å². The predicted octanol–water partition coefficient (Wildman–Crippen LogP) is 3.72. The van der Waals surface area contributed by atoms with E-state index < -0.39 is 0 Å². The Hall–Kier alpha value is -2.51. The van der Waals surface area contributed by atoms with Gasteiger partial charge in [0.25, 0.3) is 0 Å². The molecule has 0 bridgehead atoms. The highest BCUT2D eigenvalue weighted by molar-refractivity contribution is 7.09. The van der Waals surface area contributed by atoms with Gasteiger partial charge in [-0.15, -0.1) is 11.3 Å². The van der Waals surface area contributed by atoms with Crippen molar-refractivity contribution < 1.29 is 4.42 Å². The topological polar surface area (TPSA) is 58.3 Å². The monoisotopic (exact) mass is 365 g/mol. The molecule has 0 radical (unpaired) electrons. The molecule has 1 fully saturated rings. The summed E-state index contributed by atoms with van der Waals surface area (Å²) in [5.41, 5.74) is 2.54. The van der Waals surface area contributed by atoms with Crippen LogP contribution in [-0.4, -0.2) is 46.0 Å². The second-order valence-electron chi connectivity index (χ2n) is 6.54. The van der Waals surface area contributed by atoms with Crippen molar-refractivity contribution in [2.45, 2.75) is 13.0 Å². The van der Waals surface area contributed by atoms with Crippen LogP contribution in [0, 0.1) is 0 Å². The van der Waals surface area contributed by atoms with Crippen LogP contribution < -0.4 is 4.90 Å². The van der Waals surface area contributed by atoms with Gasteiger partial charge in [-0.05, 0) is 19.1 Å². The highest BCUT2D eigenvalue weighted by Gasteiger charge is 2.26. The minimum atomic E-state index is 0.355. The van der Waals surface area contributed by atoms with E-state index in [0.717, 1.165) is 54.1 Å². The van der Waals surface area contributed by atoms with Crippen LogP contribution in [0.1, 0.15) is 18.0 Å². The van der Waals surface area contributed by atoms with Crippen LogP contribution in [0.15, 0.2) is 46.6 Å². The molecule has 1 aliphatic heterocycles. The van der Waals surface area contributed by atoms with Crippen molar-refractivity contribution >= 4 is 39.2 Å². The molecule has 0 spiro atoms. The van der Waals surface area contributed by atoms with E-state index in [2.05, 4.69) is 31.7 Å². The lowest BCUT2D eigenvalue weighted by Gasteiger charge is -2.37. The number of fused-ring (bicyclic) bond motifs is 3. The number of thiazole rings is 1. The molecule has 4 heterocycles.